The maximum Gasteiger partial charge on any atom is 0.0960 e. The van der Waals surface area contributed by atoms with Crippen molar-refractivity contribution in [2.75, 3.05) is 0 Å². The van der Waals surface area contributed by atoms with E-state index < -0.39 is 0 Å². The van der Waals surface area contributed by atoms with Gasteiger partial charge in [0.15, 0.2) is 0 Å². The first kappa shape index (κ1) is 14.1. The molecule has 2 aliphatic carbocycles. The minimum Gasteiger partial charge on any atom is -0.212 e. The maximum atomic E-state index is 13.0. The van der Waals surface area contributed by atoms with Gasteiger partial charge in [-0.15, -0.1) is 0 Å². The van der Waals surface area contributed by atoms with Crippen LogP contribution in [-0.2, 0) is 0 Å². The van der Waals surface area contributed by atoms with Crippen molar-refractivity contribution in [1.29, 1.82) is 0 Å². The summed E-state index contributed by atoms with van der Waals surface area (Å²) in [6, 6.07) is 0. The average Bonchev–Trinajstić information content (AvgIpc) is 2.41. The van der Waals surface area contributed by atoms with Gasteiger partial charge in [-0.05, 0) is 49.9 Å². The molecule has 0 spiro atoms. The molecule has 1 saturated carbocycles. The second-order valence-electron chi connectivity index (χ2n) is 6.46. The van der Waals surface area contributed by atoms with Crippen molar-refractivity contribution in [1.82, 2.24) is 0 Å². The van der Waals surface area contributed by atoms with Crippen LogP contribution < -0.4 is 0 Å². The van der Waals surface area contributed by atoms with Gasteiger partial charge < -0.3 is 0 Å². The quantitative estimate of drug-likeness (QED) is 0.524. The molecule has 1 atom stereocenters. The van der Waals surface area contributed by atoms with Gasteiger partial charge in [-0.1, -0.05) is 51.5 Å². The molecule has 0 aromatic carbocycles. The molecule has 1 unspecified atom stereocenters. The van der Waals surface area contributed by atoms with Crippen LogP contribution in [0, 0.1) is 17.8 Å². The highest BCUT2D eigenvalue weighted by Crippen LogP contribution is 2.40. The molecule has 0 amide bonds. The van der Waals surface area contributed by atoms with Crippen LogP contribution in [0.4, 0.5) is 4.39 Å². The predicted molar refractivity (Wildman–Crippen MR) is 76.1 cm³/mol. The first-order valence-electron chi connectivity index (χ1n) is 8.14. The number of allylic oxidation sites excluding steroid dienone is 2. The van der Waals surface area contributed by atoms with Gasteiger partial charge in [-0.2, -0.15) is 0 Å². The Morgan fingerprint density at radius 3 is 2.44 bits per heavy atom. The molecule has 0 saturated heterocycles. The molecule has 0 aromatic heterocycles. The van der Waals surface area contributed by atoms with Crippen LogP contribution in [0.15, 0.2) is 11.9 Å². The maximum absolute atomic E-state index is 13.0. The van der Waals surface area contributed by atoms with E-state index in [1.54, 1.807) is 0 Å². The van der Waals surface area contributed by atoms with E-state index in [1.165, 1.54) is 51.4 Å². The lowest BCUT2D eigenvalue weighted by Crippen LogP contribution is -2.23. The summed E-state index contributed by atoms with van der Waals surface area (Å²) < 4.78 is 13.0. The molecule has 0 heterocycles. The third-order valence-electron chi connectivity index (χ3n) is 5.17. The largest absolute Gasteiger partial charge is 0.212 e. The van der Waals surface area contributed by atoms with Crippen LogP contribution in [0.1, 0.15) is 77.6 Å². The van der Waals surface area contributed by atoms with E-state index in [9.17, 15) is 4.39 Å². The fourth-order valence-electron chi connectivity index (χ4n) is 3.88. The highest BCUT2D eigenvalue weighted by Gasteiger charge is 2.28. The third-order valence-corrected chi connectivity index (χ3v) is 5.17. The Morgan fingerprint density at radius 1 is 1.06 bits per heavy atom. The summed E-state index contributed by atoms with van der Waals surface area (Å²) in [5.41, 5.74) is 0. The van der Waals surface area contributed by atoms with Gasteiger partial charge in [0, 0.05) is 0 Å². The summed E-state index contributed by atoms with van der Waals surface area (Å²) in [5.74, 6) is 2.83. The smallest absolute Gasteiger partial charge is 0.0960 e. The summed E-state index contributed by atoms with van der Waals surface area (Å²) in [5, 5.41) is 0. The van der Waals surface area contributed by atoms with E-state index in [0.717, 1.165) is 30.6 Å². The minimum absolute atomic E-state index is 0.138. The highest BCUT2D eigenvalue weighted by atomic mass is 19.1. The van der Waals surface area contributed by atoms with Gasteiger partial charge >= 0.3 is 0 Å². The summed E-state index contributed by atoms with van der Waals surface area (Å²) >= 11 is 0. The second kappa shape index (κ2) is 7.31. The molecule has 0 nitrogen and oxygen atoms in total. The average molecular weight is 252 g/mol. The molecule has 18 heavy (non-hydrogen) atoms. The van der Waals surface area contributed by atoms with Gasteiger partial charge in [-0.25, -0.2) is 4.39 Å². The monoisotopic (exact) mass is 252 g/mol. The summed E-state index contributed by atoms with van der Waals surface area (Å²) in [4.78, 5) is 0. The molecular formula is C17H29F. The number of rotatable bonds is 5. The highest BCUT2D eigenvalue weighted by molar-refractivity contribution is 4.99. The Morgan fingerprint density at radius 2 is 1.83 bits per heavy atom. The van der Waals surface area contributed by atoms with Crippen molar-refractivity contribution in [3.05, 3.63) is 11.9 Å². The summed E-state index contributed by atoms with van der Waals surface area (Å²) in [6.07, 6.45) is 16.0. The molecule has 104 valence electrons. The van der Waals surface area contributed by atoms with Crippen molar-refractivity contribution >= 4 is 0 Å². The van der Waals surface area contributed by atoms with Gasteiger partial charge in [0.25, 0.3) is 0 Å². The molecule has 0 radical (unpaired) electrons. The standard InChI is InChI=1S/C17H29F/c1-2-3-4-5-14-6-8-15(9-7-14)16-10-12-17(18)13-11-16/h12,14-16H,2-11,13H2,1H3. The first-order valence-corrected chi connectivity index (χ1v) is 8.14. The summed E-state index contributed by atoms with van der Waals surface area (Å²) in [6.45, 7) is 2.28. The Kier molecular flexibility index (Phi) is 5.72. The SMILES string of the molecule is CCCCCC1CCC(C2CC=C(F)CC2)CC1. The van der Waals surface area contributed by atoms with Crippen LogP contribution in [0.25, 0.3) is 0 Å². The molecule has 0 bridgehead atoms. The van der Waals surface area contributed by atoms with Crippen LogP contribution in [0.2, 0.25) is 0 Å². The molecule has 0 aromatic rings. The minimum atomic E-state index is 0.138. The van der Waals surface area contributed by atoms with Crippen LogP contribution >= 0.6 is 0 Å². The lowest BCUT2D eigenvalue weighted by molar-refractivity contribution is 0.182. The topological polar surface area (TPSA) is 0 Å². The molecule has 1 fully saturated rings. The normalized spacial score (nSPS) is 33.2. The summed E-state index contributed by atoms with van der Waals surface area (Å²) in [7, 11) is 0. The van der Waals surface area contributed by atoms with E-state index in [2.05, 4.69) is 6.92 Å². The Labute approximate surface area is 112 Å². The molecular weight excluding hydrogens is 223 g/mol. The van der Waals surface area contributed by atoms with Crippen molar-refractivity contribution < 1.29 is 4.39 Å². The third kappa shape index (κ3) is 4.10. The predicted octanol–water partition coefficient (Wildman–Crippen LogP) is 6.03. The lowest BCUT2D eigenvalue weighted by Gasteiger charge is -2.34. The molecule has 1 heteroatoms. The zero-order valence-electron chi connectivity index (χ0n) is 12.0. The first-order chi connectivity index (χ1) is 8.79. The Bertz CT molecular complexity index is 261. The van der Waals surface area contributed by atoms with Crippen molar-refractivity contribution in [3.8, 4) is 0 Å². The lowest BCUT2D eigenvalue weighted by atomic mass is 9.71. The second-order valence-corrected chi connectivity index (χ2v) is 6.46. The van der Waals surface area contributed by atoms with Crippen molar-refractivity contribution in [2.45, 2.75) is 77.6 Å². The van der Waals surface area contributed by atoms with E-state index in [4.69, 9.17) is 0 Å². The fraction of sp³-hybridized carbons (Fsp3) is 0.882. The molecule has 2 aliphatic rings. The Hall–Kier alpha value is -0.330. The number of hydrogen-bond acceptors (Lipinski definition) is 0. The number of unbranched alkanes of at least 4 members (excludes halogenated alkanes) is 2. The van der Waals surface area contributed by atoms with Gasteiger partial charge in [0.2, 0.25) is 0 Å². The number of hydrogen-bond donors (Lipinski definition) is 0. The molecule has 2 rings (SSSR count). The fourth-order valence-corrected chi connectivity index (χ4v) is 3.88. The van der Waals surface area contributed by atoms with Crippen molar-refractivity contribution in [3.63, 3.8) is 0 Å². The van der Waals surface area contributed by atoms with Gasteiger partial charge in [-0.3, -0.25) is 0 Å². The van der Waals surface area contributed by atoms with E-state index in [-0.39, 0.29) is 5.83 Å². The van der Waals surface area contributed by atoms with E-state index in [0.29, 0.717) is 6.42 Å². The molecule has 0 aliphatic heterocycles. The van der Waals surface area contributed by atoms with Gasteiger partial charge in [0.05, 0.1) is 5.83 Å². The zero-order chi connectivity index (χ0) is 12.8. The Balaban J connectivity index is 1.67. The number of halogens is 1. The zero-order valence-corrected chi connectivity index (χ0v) is 12.0. The van der Waals surface area contributed by atoms with Crippen LogP contribution in [0.3, 0.4) is 0 Å². The van der Waals surface area contributed by atoms with Crippen molar-refractivity contribution in [2.24, 2.45) is 17.8 Å². The molecule has 0 N–H and O–H groups in total. The van der Waals surface area contributed by atoms with E-state index in [1.807, 2.05) is 6.08 Å². The van der Waals surface area contributed by atoms with Crippen LogP contribution in [0.5, 0.6) is 0 Å². The van der Waals surface area contributed by atoms with E-state index >= 15 is 0 Å². The van der Waals surface area contributed by atoms with Crippen LogP contribution in [-0.4, -0.2) is 0 Å². The van der Waals surface area contributed by atoms with Gasteiger partial charge in [0.1, 0.15) is 0 Å².